The van der Waals surface area contributed by atoms with Crippen molar-refractivity contribution in [1.82, 2.24) is 0 Å². The normalized spacial score (nSPS) is 30.4. The highest BCUT2D eigenvalue weighted by atomic mass is 16.7. The number of aliphatic hydroxyl groups is 2. The summed E-state index contributed by atoms with van der Waals surface area (Å²) in [6.07, 6.45) is 2.36. The van der Waals surface area contributed by atoms with Gasteiger partial charge in [0.2, 0.25) is 0 Å². The van der Waals surface area contributed by atoms with Gasteiger partial charge in [-0.1, -0.05) is 13.3 Å². The number of cyclic esters (lactones) is 1. The highest BCUT2D eigenvalue weighted by Crippen LogP contribution is 2.23. The van der Waals surface area contributed by atoms with E-state index in [0.717, 1.165) is 12.5 Å². The summed E-state index contributed by atoms with van der Waals surface area (Å²) in [7, 11) is 0. The molecule has 0 aromatic rings. The zero-order valence-electron chi connectivity index (χ0n) is 6.86. The summed E-state index contributed by atoms with van der Waals surface area (Å²) in [5.74, 6) is -2.42. The van der Waals surface area contributed by atoms with Crippen LogP contribution in [-0.2, 0) is 9.53 Å². The van der Waals surface area contributed by atoms with Crippen LogP contribution in [0.3, 0.4) is 0 Å². The first kappa shape index (κ1) is 9.22. The Morgan fingerprint density at radius 3 is 2.83 bits per heavy atom. The molecule has 0 saturated carbocycles. The maximum atomic E-state index is 10.6. The third kappa shape index (κ3) is 1.65. The van der Waals surface area contributed by atoms with E-state index < -0.39 is 17.9 Å². The largest absolute Gasteiger partial charge is 0.423 e. The molecule has 12 heavy (non-hydrogen) atoms. The number of carbonyl (C=O) groups is 1. The van der Waals surface area contributed by atoms with Gasteiger partial charge in [0.05, 0.1) is 0 Å². The van der Waals surface area contributed by atoms with Crippen LogP contribution in [-0.4, -0.2) is 28.1 Å². The van der Waals surface area contributed by atoms with Crippen LogP contribution in [0.4, 0.5) is 0 Å². The first-order chi connectivity index (χ1) is 5.58. The summed E-state index contributed by atoms with van der Waals surface area (Å²) in [6.45, 7) is 1.87. The number of esters is 1. The Morgan fingerprint density at radius 1 is 1.75 bits per heavy atom. The standard InChI is InChI=1S/C8H12O4/c1-2-3-6(9)8(11)5-4-7(10)12-8/h4-6,9,11H,2-3H2,1H3/t6-,8-/m1/s1. The van der Waals surface area contributed by atoms with E-state index in [1.165, 1.54) is 6.08 Å². The highest BCUT2D eigenvalue weighted by Gasteiger charge is 2.40. The third-order valence-corrected chi connectivity index (χ3v) is 1.76. The summed E-state index contributed by atoms with van der Waals surface area (Å²) in [4.78, 5) is 10.6. The van der Waals surface area contributed by atoms with E-state index in [2.05, 4.69) is 4.74 Å². The number of aliphatic hydroxyl groups excluding tert-OH is 1. The summed E-state index contributed by atoms with van der Waals surface area (Å²) in [6, 6.07) is 0. The molecule has 1 aliphatic rings. The Bertz CT molecular complexity index is 211. The van der Waals surface area contributed by atoms with Crippen LogP contribution < -0.4 is 0 Å². The highest BCUT2D eigenvalue weighted by molar-refractivity contribution is 5.84. The molecule has 0 bridgehead atoms. The van der Waals surface area contributed by atoms with Gasteiger partial charge in [-0.3, -0.25) is 0 Å². The molecule has 68 valence electrons. The Kier molecular flexibility index (Phi) is 2.49. The number of carbonyl (C=O) groups excluding carboxylic acids is 1. The lowest BCUT2D eigenvalue weighted by Crippen LogP contribution is -2.41. The second-order valence-corrected chi connectivity index (χ2v) is 2.81. The molecule has 0 aromatic carbocycles. The third-order valence-electron chi connectivity index (χ3n) is 1.76. The van der Waals surface area contributed by atoms with Gasteiger partial charge in [0, 0.05) is 6.08 Å². The van der Waals surface area contributed by atoms with Crippen molar-refractivity contribution in [2.45, 2.75) is 31.7 Å². The van der Waals surface area contributed by atoms with Gasteiger partial charge in [-0.15, -0.1) is 0 Å². The molecular formula is C8H12O4. The molecular weight excluding hydrogens is 160 g/mol. The van der Waals surface area contributed by atoms with Crippen LogP contribution in [0.25, 0.3) is 0 Å². The topological polar surface area (TPSA) is 66.8 Å². The predicted octanol–water partition coefficient (Wildman–Crippen LogP) is -0.0510. The van der Waals surface area contributed by atoms with Crippen LogP contribution in [0.1, 0.15) is 19.8 Å². The van der Waals surface area contributed by atoms with Gasteiger partial charge >= 0.3 is 5.97 Å². The summed E-state index contributed by atoms with van der Waals surface area (Å²) in [5, 5.41) is 18.8. The number of rotatable bonds is 3. The second-order valence-electron chi connectivity index (χ2n) is 2.81. The molecule has 0 amide bonds. The lowest BCUT2D eigenvalue weighted by atomic mass is 10.1. The number of ether oxygens (including phenoxy) is 1. The molecule has 0 saturated heterocycles. The van der Waals surface area contributed by atoms with Gasteiger partial charge in [-0.2, -0.15) is 0 Å². The molecule has 0 unspecified atom stereocenters. The van der Waals surface area contributed by atoms with Crippen molar-refractivity contribution >= 4 is 5.97 Å². The van der Waals surface area contributed by atoms with Crippen LogP contribution in [0, 0.1) is 0 Å². The van der Waals surface area contributed by atoms with E-state index in [-0.39, 0.29) is 0 Å². The van der Waals surface area contributed by atoms with E-state index in [4.69, 9.17) is 0 Å². The van der Waals surface area contributed by atoms with Crippen LogP contribution in [0.15, 0.2) is 12.2 Å². The van der Waals surface area contributed by atoms with Crippen LogP contribution in [0.2, 0.25) is 0 Å². The van der Waals surface area contributed by atoms with Gasteiger partial charge < -0.3 is 14.9 Å². The van der Waals surface area contributed by atoms with E-state index in [9.17, 15) is 15.0 Å². The van der Waals surface area contributed by atoms with Crippen LogP contribution >= 0.6 is 0 Å². The van der Waals surface area contributed by atoms with Crippen molar-refractivity contribution in [3.8, 4) is 0 Å². The fourth-order valence-electron chi connectivity index (χ4n) is 1.08. The molecule has 1 aliphatic heterocycles. The molecule has 0 fully saturated rings. The Morgan fingerprint density at radius 2 is 2.42 bits per heavy atom. The molecule has 0 aliphatic carbocycles. The molecule has 0 radical (unpaired) electrons. The maximum absolute atomic E-state index is 10.6. The van der Waals surface area contributed by atoms with E-state index in [0.29, 0.717) is 6.42 Å². The average Bonchev–Trinajstić information content (AvgIpc) is 2.33. The van der Waals surface area contributed by atoms with Gasteiger partial charge in [0.15, 0.2) is 0 Å². The fourth-order valence-corrected chi connectivity index (χ4v) is 1.08. The molecule has 4 nitrogen and oxygen atoms in total. The van der Waals surface area contributed by atoms with Gasteiger partial charge in [0.25, 0.3) is 5.79 Å². The van der Waals surface area contributed by atoms with E-state index in [1.807, 2.05) is 6.92 Å². The molecule has 0 spiro atoms. The van der Waals surface area contributed by atoms with Crippen molar-refractivity contribution in [2.75, 3.05) is 0 Å². The van der Waals surface area contributed by atoms with Crippen LogP contribution in [0.5, 0.6) is 0 Å². The smallest absolute Gasteiger partial charge is 0.333 e. The SMILES string of the molecule is CCC[C@@H](O)[C@@]1(O)C=CC(=O)O1. The zero-order chi connectivity index (χ0) is 9.19. The van der Waals surface area contributed by atoms with Crippen molar-refractivity contribution in [1.29, 1.82) is 0 Å². The number of hydrogen-bond acceptors (Lipinski definition) is 4. The van der Waals surface area contributed by atoms with E-state index in [1.54, 1.807) is 0 Å². The first-order valence-corrected chi connectivity index (χ1v) is 3.91. The van der Waals surface area contributed by atoms with Crippen molar-refractivity contribution in [2.24, 2.45) is 0 Å². The monoisotopic (exact) mass is 172 g/mol. The Labute approximate surface area is 70.5 Å². The maximum Gasteiger partial charge on any atom is 0.333 e. The fraction of sp³-hybridized carbons (Fsp3) is 0.625. The van der Waals surface area contributed by atoms with Crippen molar-refractivity contribution in [3.63, 3.8) is 0 Å². The molecule has 2 N–H and O–H groups in total. The van der Waals surface area contributed by atoms with E-state index >= 15 is 0 Å². The lowest BCUT2D eigenvalue weighted by molar-refractivity contribution is -0.212. The lowest BCUT2D eigenvalue weighted by Gasteiger charge is -2.25. The minimum absolute atomic E-state index is 0.397. The predicted molar refractivity (Wildman–Crippen MR) is 41.1 cm³/mol. The minimum Gasteiger partial charge on any atom is -0.423 e. The summed E-state index contributed by atoms with van der Waals surface area (Å²) in [5.41, 5.74) is 0. The first-order valence-electron chi connectivity index (χ1n) is 3.91. The second kappa shape index (κ2) is 3.25. The van der Waals surface area contributed by atoms with Gasteiger partial charge in [0.1, 0.15) is 6.10 Å². The molecule has 1 rings (SSSR count). The molecule has 4 heteroatoms. The quantitative estimate of drug-likeness (QED) is 0.586. The molecule has 1 heterocycles. The van der Waals surface area contributed by atoms with Gasteiger partial charge in [-0.05, 0) is 12.5 Å². The van der Waals surface area contributed by atoms with Crippen molar-refractivity contribution < 1.29 is 19.7 Å². The molecule has 2 atom stereocenters. The van der Waals surface area contributed by atoms with Gasteiger partial charge in [-0.25, -0.2) is 4.79 Å². The van der Waals surface area contributed by atoms with Crippen molar-refractivity contribution in [3.05, 3.63) is 12.2 Å². The molecule has 0 aromatic heterocycles. The summed E-state index contributed by atoms with van der Waals surface area (Å²) < 4.78 is 4.52. The number of hydrogen-bond donors (Lipinski definition) is 2. The average molecular weight is 172 g/mol. The Balaban J connectivity index is 2.61. The minimum atomic E-state index is -1.80. The Hall–Kier alpha value is -0.870. The zero-order valence-corrected chi connectivity index (χ0v) is 6.86. The summed E-state index contributed by atoms with van der Waals surface area (Å²) >= 11 is 0.